The van der Waals surface area contributed by atoms with Crippen LogP contribution in [0, 0.1) is 0 Å². The first-order valence-electron chi connectivity index (χ1n) is 13.7. The Hall–Kier alpha value is -5.39. The standard InChI is InChI=1S/C31H26N2O10/c34-18-6-9-21-24(15-18)41-25-16-19(35)7-10-22(25)31(21)23-14-17(5-8-20(23)30(40)42-31)29(39)32-13-3-1-2-4-28(38)43-33-26(36)11-12-27(33)37/h5-10,14-16,34-35H,1-4,11-13H2,(H,32,39). The van der Waals surface area contributed by atoms with Gasteiger partial charge in [0.15, 0.2) is 5.60 Å². The molecule has 3 aliphatic heterocycles. The van der Waals surface area contributed by atoms with Crippen LogP contribution in [0.5, 0.6) is 23.0 Å². The molecule has 12 nitrogen and oxygen atoms in total. The molecular weight excluding hydrogens is 560 g/mol. The average molecular weight is 587 g/mol. The number of carbonyl (C=O) groups is 5. The van der Waals surface area contributed by atoms with E-state index in [0.29, 0.717) is 47.6 Å². The molecule has 3 N–H and O–H groups in total. The average Bonchev–Trinajstić information content (AvgIpc) is 3.45. The molecule has 0 unspecified atom stereocenters. The van der Waals surface area contributed by atoms with Crippen molar-refractivity contribution in [1.29, 1.82) is 0 Å². The van der Waals surface area contributed by atoms with Crippen molar-refractivity contribution in [2.75, 3.05) is 6.54 Å². The Morgan fingerprint density at radius 3 is 2.14 bits per heavy atom. The number of hydroxylamine groups is 2. The number of nitrogens with zero attached hydrogens (tertiary/aromatic N) is 1. The van der Waals surface area contributed by atoms with Crippen LogP contribution in [-0.2, 0) is 29.6 Å². The Balaban J connectivity index is 1.14. The van der Waals surface area contributed by atoms with Gasteiger partial charge in [0.25, 0.3) is 17.7 Å². The van der Waals surface area contributed by atoms with Gasteiger partial charge in [-0.05, 0) is 55.3 Å². The molecule has 0 bridgehead atoms. The van der Waals surface area contributed by atoms with Gasteiger partial charge in [-0.25, -0.2) is 9.59 Å². The number of hydrogen-bond acceptors (Lipinski definition) is 10. The second-order valence-corrected chi connectivity index (χ2v) is 10.4. The molecular formula is C31H26N2O10. The van der Waals surface area contributed by atoms with Crippen molar-refractivity contribution in [3.63, 3.8) is 0 Å². The van der Waals surface area contributed by atoms with E-state index in [1.165, 1.54) is 36.4 Å². The predicted molar refractivity (Wildman–Crippen MR) is 146 cm³/mol. The van der Waals surface area contributed by atoms with Gasteiger partial charge in [-0.2, -0.15) is 0 Å². The van der Waals surface area contributed by atoms with Crippen molar-refractivity contribution in [3.05, 3.63) is 82.4 Å². The third-order valence-electron chi connectivity index (χ3n) is 7.58. The molecule has 3 amide bonds. The van der Waals surface area contributed by atoms with Crippen LogP contribution in [0.3, 0.4) is 0 Å². The second kappa shape index (κ2) is 10.8. The lowest BCUT2D eigenvalue weighted by Crippen LogP contribution is -2.33. The molecule has 0 atom stereocenters. The first kappa shape index (κ1) is 27.8. The molecule has 0 radical (unpaired) electrons. The monoisotopic (exact) mass is 586 g/mol. The van der Waals surface area contributed by atoms with E-state index >= 15 is 0 Å². The Bertz CT molecular complexity index is 1630. The number of carbonyl (C=O) groups excluding carboxylic acids is 5. The molecule has 0 aromatic heterocycles. The van der Waals surface area contributed by atoms with Crippen molar-refractivity contribution >= 4 is 29.7 Å². The minimum Gasteiger partial charge on any atom is -0.508 e. The number of rotatable bonds is 8. The summed E-state index contributed by atoms with van der Waals surface area (Å²) < 4.78 is 12.0. The van der Waals surface area contributed by atoms with Crippen LogP contribution in [0.1, 0.15) is 75.9 Å². The van der Waals surface area contributed by atoms with Gasteiger partial charge in [-0.1, -0.05) is 6.42 Å². The van der Waals surface area contributed by atoms with Crippen LogP contribution in [-0.4, -0.2) is 51.5 Å². The number of phenolic OH excluding ortho intramolecular Hbond substituents is 2. The first-order valence-corrected chi connectivity index (χ1v) is 13.7. The highest BCUT2D eigenvalue weighted by Crippen LogP contribution is 2.57. The second-order valence-electron chi connectivity index (χ2n) is 10.4. The Morgan fingerprint density at radius 1 is 0.837 bits per heavy atom. The predicted octanol–water partition coefficient (Wildman–Crippen LogP) is 3.56. The summed E-state index contributed by atoms with van der Waals surface area (Å²) in [5.41, 5.74) is 0.384. The Morgan fingerprint density at radius 2 is 1.49 bits per heavy atom. The van der Waals surface area contributed by atoms with Crippen molar-refractivity contribution in [3.8, 4) is 23.0 Å². The number of aromatic hydroxyl groups is 2. The maximum Gasteiger partial charge on any atom is 0.340 e. The van der Waals surface area contributed by atoms with Crippen molar-refractivity contribution in [1.82, 2.24) is 10.4 Å². The lowest BCUT2D eigenvalue weighted by Gasteiger charge is -2.36. The van der Waals surface area contributed by atoms with E-state index < -0.39 is 29.4 Å². The number of amides is 3. The summed E-state index contributed by atoms with van der Waals surface area (Å²) in [4.78, 5) is 66.1. The van der Waals surface area contributed by atoms with Gasteiger partial charge in [0.2, 0.25) is 0 Å². The van der Waals surface area contributed by atoms with Gasteiger partial charge in [0, 0.05) is 60.2 Å². The molecule has 6 rings (SSSR count). The number of ether oxygens (including phenoxy) is 2. The molecule has 1 saturated heterocycles. The molecule has 0 saturated carbocycles. The van der Waals surface area contributed by atoms with Crippen LogP contribution < -0.4 is 10.1 Å². The van der Waals surface area contributed by atoms with Crippen LogP contribution in [0.15, 0.2) is 54.6 Å². The van der Waals surface area contributed by atoms with Crippen LogP contribution >= 0.6 is 0 Å². The minimum atomic E-state index is -1.48. The van der Waals surface area contributed by atoms with Gasteiger partial charge < -0.3 is 29.8 Å². The maximum absolute atomic E-state index is 13.1. The fourth-order valence-electron chi connectivity index (χ4n) is 5.52. The summed E-state index contributed by atoms with van der Waals surface area (Å²) in [5, 5.41) is 23.5. The topological polar surface area (TPSA) is 169 Å². The van der Waals surface area contributed by atoms with Gasteiger partial charge in [-0.3, -0.25) is 14.4 Å². The number of imide groups is 1. The zero-order valence-corrected chi connectivity index (χ0v) is 22.8. The Labute approximate surface area is 244 Å². The highest BCUT2D eigenvalue weighted by atomic mass is 16.7. The lowest BCUT2D eigenvalue weighted by molar-refractivity contribution is -0.197. The molecule has 3 aromatic carbocycles. The number of fused-ring (bicyclic) bond motifs is 6. The maximum atomic E-state index is 13.1. The number of hydrogen-bond donors (Lipinski definition) is 3. The third-order valence-corrected chi connectivity index (χ3v) is 7.58. The van der Waals surface area contributed by atoms with Gasteiger partial charge >= 0.3 is 11.9 Å². The highest BCUT2D eigenvalue weighted by molar-refractivity contribution is 6.02. The molecule has 12 heteroatoms. The SMILES string of the molecule is O=C(CCCCCNC(=O)c1ccc2c(c1)C1(OC2=O)c2ccc(O)cc2Oc2cc(O)ccc21)ON1C(=O)CCC1=O. The normalized spacial score (nSPS) is 15.8. The smallest absolute Gasteiger partial charge is 0.340 e. The number of nitrogens with one attached hydrogen (secondary N) is 1. The largest absolute Gasteiger partial charge is 0.508 e. The van der Waals surface area contributed by atoms with E-state index in [0.717, 1.165) is 0 Å². The van der Waals surface area contributed by atoms with E-state index in [1.54, 1.807) is 18.2 Å². The third kappa shape index (κ3) is 4.90. The van der Waals surface area contributed by atoms with Crippen molar-refractivity contribution in [2.45, 2.75) is 44.1 Å². The first-order chi connectivity index (χ1) is 20.7. The number of phenols is 2. The molecule has 43 heavy (non-hydrogen) atoms. The van der Waals surface area contributed by atoms with Gasteiger partial charge in [0.05, 0.1) is 5.56 Å². The highest BCUT2D eigenvalue weighted by Gasteiger charge is 2.54. The summed E-state index contributed by atoms with van der Waals surface area (Å²) >= 11 is 0. The summed E-state index contributed by atoms with van der Waals surface area (Å²) in [6.45, 7) is 0.312. The summed E-state index contributed by atoms with van der Waals surface area (Å²) in [7, 11) is 0. The summed E-state index contributed by atoms with van der Waals surface area (Å²) in [5.74, 6) is -2.37. The minimum absolute atomic E-state index is 0.0220. The molecule has 3 heterocycles. The molecule has 220 valence electrons. The van der Waals surface area contributed by atoms with E-state index in [2.05, 4.69) is 5.32 Å². The van der Waals surface area contributed by atoms with E-state index in [-0.39, 0.29) is 59.3 Å². The van der Waals surface area contributed by atoms with Crippen LogP contribution in [0.25, 0.3) is 0 Å². The zero-order valence-electron chi connectivity index (χ0n) is 22.8. The lowest BCUT2D eigenvalue weighted by atomic mass is 9.77. The van der Waals surface area contributed by atoms with Crippen LogP contribution in [0.4, 0.5) is 0 Å². The summed E-state index contributed by atoms with van der Waals surface area (Å²) in [6, 6.07) is 13.5. The van der Waals surface area contributed by atoms with Gasteiger partial charge in [0.1, 0.15) is 23.0 Å². The fraction of sp³-hybridized carbons (Fsp3) is 0.258. The number of benzene rings is 3. The van der Waals surface area contributed by atoms with Gasteiger partial charge in [-0.15, -0.1) is 5.06 Å². The molecule has 3 aliphatic rings. The van der Waals surface area contributed by atoms with Crippen LogP contribution in [0.2, 0.25) is 0 Å². The zero-order chi connectivity index (χ0) is 30.3. The molecule has 1 spiro atoms. The molecule has 1 fully saturated rings. The number of esters is 1. The molecule has 3 aromatic rings. The van der Waals surface area contributed by atoms with E-state index in [9.17, 15) is 34.2 Å². The van der Waals surface area contributed by atoms with E-state index in [1.807, 2.05) is 0 Å². The Kier molecular flexibility index (Phi) is 6.96. The van der Waals surface area contributed by atoms with Crippen molar-refractivity contribution in [2.24, 2.45) is 0 Å². The number of unbranched alkanes of at least 4 members (excludes halogenated alkanes) is 2. The fourth-order valence-corrected chi connectivity index (χ4v) is 5.52. The van der Waals surface area contributed by atoms with Crippen molar-refractivity contribution < 1.29 is 48.5 Å². The van der Waals surface area contributed by atoms with E-state index in [4.69, 9.17) is 14.3 Å². The molecule has 0 aliphatic carbocycles. The quantitative estimate of drug-likeness (QED) is 0.202. The summed E-state index contributed by atoms with van der Waals surface area (Å²) in [6.07, 6.45) is 1.67.